The molecule has 0 unspecified atom stereocenters. The van der Waals surface area contributed by atoms with Crippen LogP contribution in [-0.2, 0) is 24.3 Å². The first-order chi connectivity index (χ1) is 13.3. The summed E-state index contributed by atoms with van der Waals surface area (Å²) in [6, 6.07) is 13.3. The van der Waals surface area contributed by atoms with Gasteiger partial charge in [0.05, 0.1) is 17.2 Å². The molecule has 0 aliphatic carbocycles. The number of carbonyl (C=O) groups is 2. The minimum absolute atomic E-state index is 0.0277. The number of anilines is 1. The van der Waals surface area contributed by atoms with Crippen LogP contribution in [0.1, 0.15) is 13.8 Å². The summed E-state index contributed by atoms with van der Waals surface area (Å²) in [5, 5.41) is 2.58. The summed E-state index contributed by atoms with van der Waals surface area (Å²) in [6.45, 7) is 3.03. The zero-order valence-electron chi connectivity index (χ0n) is 15.5. The molecule has 0 saturated heterocycles. The Bertz CT molecular complexity index is 915. The number of nitrogens with one attached hydrogen (secondary N) is 2. The number of sulfonamides is 1. The van der Waals surface area contributed by atoms with Crippen molar-refractivity contribution in [3.05, 3.63) is 54.6 Å². The van der Waals surface area contributed by atoms with E-state index in [1.54, 1.807) is 42.5 Å². The summed E-state index contributed by atoms with van der Waals surface area (Å²) < 4.78 is 36.9. The first-order valence-corrected chi connectivity index (χ1v) is 10.1. The van der Waals surface area contributed by atoms with Gasteiger partial charge in [0.2, 0.25) is 10.0 Å². The fraction of sp³-hybridized carbons (Fsp3) is 0.263. The monoisotopic (exact) mass is 406 g/mol. The summed E-state index contributed by atoms with van der Waals surface area (Å²) in [5.41, 5.74) is 0.447. The van der Waals surface area contributed by atoms with Gasteiger partial charge in [0.1, 0.15) is 11.8 Å². The van der Waals surface area contributed by atoms with E-state index in [0.717, 1.165) is 0 Å². The molecule has 0 fully saturated rings. The van der Waals surface area contributed by atoms with Gasteiger partial charge >= 0.3 is 5.97 Å². The van der Waals surface area contributed by atoms with Gasteiger partial charge in [-0.2, -0.15) is 4.72 Å². The maximum Gasteiger partial charge on any atom is 0.324 e. The lowest BCUT2D eigenvalue weighted by molar-refractivity contribution is -0.148. The molecule has 28 heavy (non-hydrogen) atoms. The highest BCUT2D eigenvalue weighted by atomic mass is 32.2. The Balaban J connectivity index is 1.88. The van der Waals surface area contributed by atoms with Crippen LogP contribution in [0.3, 0.4) is 0 Å². The summed E-state index contributed by atoms with van der Waals surface area (Å²) in [7, 11) is -3.87. The number of benzene rings is 2. The normalized spacial score (nSPS) is 12.1. The third-order valence-corrected chi connectivity index (χ3v) is 5.10. The number of amides is 1. The molecule has 1 amide bonds. The van der Waals surface area contributed by atoms with Gasteiger partial charge in [-0.15, -0.1) is 0 Å². The molecule has 2 aromatic carbocycles. The minimum atomic E-state index is -3.87. The molecule has 150 valence electrons. The van der Waals surface area contributed by atoms with Crippen molar-refractivity contribution >= 4 is 27.6 Å². The van der Waals surface area contributed by atoms with Gasteiger partial charge in [-0.05, 0) is 38.1 Å². The second-order valence-corrected chi connectivity index (χ2v) is 7.46. The summed E-state index contributed by atoms with van der Waals surface area (Å²) in [6.07, 6.45) is 0. The molecule has 8 nitrogen and oxygen atoms in total. The lowest BCUT2D eigenvalue weighted by Gasteiger charge is -2.14. The lowest BCUT2D eigenvalue weighted by atomic mass is 10.3. The van der Waals surface area contributed by atoms with Crippen molar-refractivity contribution in [2.75, 3.05) is 18.5 Å². The van der Waals surface area contributed by atoms with Gasteiger partial charge in [-0.3, -0.25) is 9.59 Å². The number of rotatable bonds is 9. The van der Waals surface area contributed by atoms with Crippen LogP contribution in [0.2, 0.25) is 0 Å². The Morgan fingerprint density at radius 1 is 1.04 bits per heavy atom. The van der Waals surface area contributed by atoms with E-state index in [9.17, 15) is 18.0 Å². The Kier molecular flexibility index (Phi) is 7.53. The standard InChI is InChI=1S/C19H22N2O6S/c1-3-26-17-12-8-7-11-16(17)20-18(22)13-27-19(23)14(2)21-28(24,25)15-9-5-4-6-10-15/h4-12,14,21H,3,13H2,1-2H3,(H,20,22)/t14-/m0/s1. The van der Waals surface area contributed by atoms with E-state index in [-0.39, 0.29) is 4.90 Å². The molecule has 0 aliphatic rings. The maximum absolute atomic E-state index is 12.2. The zero-order chi connectivity index (χ0) is 20.6. The highest BCUT2D eigenvalue weighted by Gasteiger charge is 2.23. The molecular weight excluding hydrogens is 384 g/mol. The quantitative estimate of drug-likeness (QED) is 0.616. The third-order valence-electron chi connectivity index (χ3n) is 3.55. The number of hydrogen-bond donors (Lipinski definition) is 2. The number of para-hydroxylation sites is 2. The molecule has 0 bridgehead atoms. The predicted molar refractivity (Wildman–Crippen MR) is 103 cm³/mol. The van der Waals surface area contributed by atoms with Crippen molar-refractivity contribution in [1.82, 2.24) is 4.72 Å². The molecule has 0 heterocycles. The Morgan fingerprint density at radius 3 is 2.36 bits per heavy atom. The van der Waals surface area contributed by atoms with E-state index in [2.05, 4.69) is 10.0 Å². The summed E-state index contributed by atoms with van der Waals surface area (Å²) in [5.74, 6) is -0.944. The van der Waals surface area contributed by atoms with Crippen LogP contribution in [-0.4, -0.2) is 39.5 Å². The number of ether oxygens (including phenoxy) is 2. The number of hydrogen-bond acceptors (Lipinski definition) is 6. The predicted octanol–water partition coefficient (Wildman–Crippen LogP) is 1.93. The maximum atomic E-state index is 12.2. The minimum Gasteiger partial charge on any atom is -0.492 e. The lowest BCUT2D eigenvalue weighted by Crippen LogP contribution is -2.40. The van der Waals surface area contributed by atoms with Gasteiger partial charge in [0.15, 0.2) is 6.61 Å². The second kappa shape index (κ2) is 9.86. The van der Waals surface area contributed by atoms with Crippen LogP contribution in [0, 0.1) is 0 Å². The molecule has 0 aromatic heterocycles. The highest BCUT2D eigenvalue weighted by molar-refractivity contribution is 7.89. The number of esters is 1. The van der Waals surface area contributed by atoms with Crippen molar-refractivity contribution in [3.8, 4) is 5.75 Å². The third kappa shape index (κ3) is 6.07. The fourth-order valence-corrected chi connectivity index (χ4v) is 3.46. The second-order valence-electron chi connectivity index (χ2n) is 5.74. The smallest absolute Gasteiger partial charge is 0.324 e. The largest absolute Gasteiger partial charge is 0.492 e. The van der Waals surface area contributed by atoms with Crippen molar-refractivity contribution < 1.29 is 27.5 Å². The van der Waals surface area contributed by atoms with E-state index < -0.39 is 34.5 Å². The van der Waals surface area contributed by atoms with Gasteiger partial charge < -0.3 is 14.8 Å². The summed E-state index contributed by atoms with van der Waals surface area (Å²) >= 11 is 0. The van der Waals surface area contributed by atoms with E-state index >= 15 is 0 Å². The Morgan fingerprint density at radius 2 is 1.68 bits per heavy atom. The molecule has 0 radical (unpaired) electrons. The molecule has 0 spiro atoms. The van der Waals surface area contributed by atoms with E-state index in [0.29, 0.717) is 18.0 Å². The molecule has 9 heteroatoms. The van der Waals surface area contributed by atoms with Crippen LogP contribution >= 0.6 is 0 Å². The van der Waals surface area contributed by atoms with Gasteiger partial charge in [-0.25, -0.2) is 8.42 Å². The van der Waals surface area contributed by atoms with Crippen molar-refractivity contribution in [3.63, 3.8) is 0 Å². The molecule has 0 saturated carbocycles. The van der Waals surface area contributed by atoms with E-state index in [1.807, 2.05) is 6.92 Å². The zero-order valence-corrected chi connectivity index (χ0v) is 16.4. The van der Waals surface area contributed by atoms with Gasteiger partial charge in [0, 0.05) is 0 Å². The Hall–Kier alpha value is -2.91. The molecule has 1 atom stereocenters. The average molecular weight is 406 g/mol. The summed E-state index contributed by atoms with van der Waals surface area (Å²) in [4.78, 5) is 24.1. The van der Waals surface area contributed by atoms with Gasteiger partial charge in [0.25, 0.3) is 5.91 Å². The number of carbonyl (C=O) groups excluding carboxylic acids is 2. The SMILES string of the molecule is CCOc1ccccc1NC(=O)COC(=O)[C@H](C)NS(=O)(=O)c1ccccc1. The van der Waals surface area contributed by atoms with Crippen molar-refractivity contribution in [2.45, 2.75) is 24.8 Å². The van der Waals surface area contributed by atoms with Crippen LogP contribution in [0.4, 0.5) is 5.69 Å². The van der Waals surface area contributed by atoms with Crippen LogP contribution in [0.5, 0.6) is 5.75 Å². The van der Waals surface area contributed by atoms with Crippen LogP contribution in [0.15, 0.2) is 59.5 Å². The molecular formula is C19H22N2O6S. The van der Waals surface area contributed by atoms with Gasteiger partial charge in [-0.1, -0.05) is 30.3 Å². The molecule has 0 aliphatic heterocycles. The van der Waals surface area contributed by atoms with E-state index in [1.165, 1.54) is 19.1 Å². The first-order valence-electron chi connectivity index (χ1n) is 8.59. The van der Waals surface area contributed by atoms with Crippen molar-refractivity contribution in [1.29, 1.82) is 0 Å². The fourth-order valence-electron chi connectivity index (χ4n) is 2.25. The Labute approximate surface area is 163 Å². The highest BCUT2D eigenvalue weighted by Crippen LogP contribution is 2.23. The van der Waals surface area contributed by atoms with Crippen LogP contribution in [0.25, 0.3) is 0 Å². The van der Waals surface area contributed by atoms with E-state index in [4.69, 9.17) is 9.47 Å². The average Bonchev–Trinajstić information content (AvgIpc) is 2.68. The molecule has 2 aromatic rings. The molecule has 2 N–H and O–H groups in total. The topological polar surface area (TPSA) is 111 Å². The first kappa shape index (κ1) is 21.4. The van der Waals surface area contributed by atoms with Crippen molar-refractivity contribution in [2.24, 2.45) is 0 Å². The van der Waals surface area contributed by atoms with Crippen LogP contribution < -0.4 is 14.8 Å². The molecule has 2 rings (SSSR count).